The van der Waals surface area contributed by atoms with E-state index in [9.17, 15) is 9.59 Å². The molecule has 3 rings (SSSR count). The maximum Gasteiger partial charge on any atom is 0.248 e. The van der Waals surface area contributed by atoms with E-state index in [0.29, 0.717) is 18.7 Å². The van der Waals surface area contributed by atoms with Crippen LogP contribution >= 0.6 is 0 Å². The summed E-state index contributed by atoms with van der Waals surface area (Å²) >= 11 is 0. The number of aromatic amines is 1. The average Bonchev–Trinajstić information content (AvgIpc) is 2.83. The van der Waals surface area contributed by atoms with Gasteiger partial charge in [0.2, 0.25) is 11.5 Å². The van der Waals surface area contributed by atoms with E-state index in [1.165, 1.54) is 0 Å². The highest BCUT2D eigenvalue weighted by Crippen LogP contribution is 2.19. The van der Waals surface area contributed by atoms with Crippen LogP contribution in [0.2, 0.25) is 0 Å². The fraction of sp³-hybridized carbons (Fsp3) is 0.263. The van der Waals surface area contributed by atoms with E-state index in [2.05, 4.69) is 27.0 Å². The molecule has 0 saturated heterocycles. The van der Waals surface area contributed by atoms with Gasteiger partial charge in [-0.15, -0.1) is 0 Å². The number of aromatic nitrogens is 2. The number of anilines is 1. The molecule has 0 fully saturated rings. The Kier molecular flexibility index (Phi) is 4.25. The number of aryl methyl sites for hydroxylation is 3. The Morgan fingerprint density at radius 1 is 1.08 bits per heavy atom. The van der Waals surface area contributed by atoms with Crippen LogP contribution in [0, 0.1) is 20.8 Å². The monoisotopic (exact) mass is 323 g/mol. The number of amides is 1. The van der Waals surface area contributed by atoms with Crippen LogP contribution in [-0.2, 0) is 11.3 Å². The first-order chi connectivity index (χ1) is 11.4. The lowest BCUT2D eigenvalue weighted by Crippen LogP contribution is -2.15. The minimum absolute atomic E-state index is 0.0446. The fourth-order valence-electron chi connectivity index (χ4n) is 3.00. The zero-order valence-electron chi connectivity index (χ0n) is 14.1. The molecule has 0 bridgehead atoms. The zero-order chi connectivity index (χ0) is 17.3. The van der Waals surface area contributed by atoms with Crippen molar-refractivity contribution in [2.75, 3.05) is 5.32 Å². The summed E-state index contributed by atoms with van der Waals surface area (Å²) in [6.07, 6.45) is 0.402. The quantitative estimate of drug-likeness (QED) is 0.774. The van der Waals surface area contributed by atoms with Crippen molar-refractivity contribution in [3.8, 4) is 0 Å². The molecule has 1 aromatic carbocycles. The van der Waals surface area contributed by atoms with E-state index < -0.39 is 0 Å². The molecule has 2 heterocycles. The number of rotatable bonds is 4. The molecule has 24 heavy (non-hydrogen) atoms. The average molecular weight is 323 g/mol. The van der Waals surface area contributed by atoms with Crippen molar-refractivity contribution in [3.05, 3.63) is 63.7 Å². The summed E-state index contributed by atoms with van der Waals surface area (Å²) in [6.45, 7) is 6.62. The fourth-order valence-corrected chi connectivity index (χ4v) is 3.00. The van der Waals surface area contributed by atoms with Gasteiger partial charge in [-0.1, -0.05) is 6.07 Å². The van der Waals surface area contributed by atoms with Crippen molar-refractivity contribution in [2.45, 2.75) is 33.7 Å². The summed E-state index contributed by atoms with van der Waals surface area (Å²) < 4.78 is 2.13. The number of pyridine rings is 1. The van der Waals surface area contributed by atoms with E-state index in [1.807, 2.05) is 32.9 Å². The predicted molar refractivity (Wildman–Crippen MR) is 96.5 cm³/mol. The van der Waals surface area contributed by atoms with Crippen LogP contribution in [0.3, 0.4) is 0 Å². The maximum absolute atomic E-state index is 12.2. The molecule has 2 aromatic heterocycles. The van der Waals surface area contributed by atoms with Gasteiger partial charge in [0.05, 0.1) is 5.52 Å². The van der Waals surface area contributed by atoms with Crippen LogP contribution in [0.15, 0.2) is 41.2 Å². The van der Waals surface area contributed by atoms with Crippen LogP contribution in [0.25, 0.3) is 10.9 Å². The van der Waals surface area contributed by atoms with Crippen LogP contribution in [0.1, 0.15) is 23.4 Å². The van der Waals surface area contributed by atoms with Gasteiger partial charge in [-0.2, -0.15) is 0 Å². The van der Waals surface area contributed by atoms with E-state index in [4.69, 9.17) is 0 Å². The van der Waals surface area contributed by atoms with E-state index in [0.717, 1.165) is 27.9 Å². The standard InChI is InChI=1S/C19H21N3O2/c1-12-10-19(24)21-17-11-15(6-7-16(12)17)20-18(23)8-9-22-13(2)4-5-14(22)3/h4-7,10-11H,8-9H2,1-3H3,(H,20,23)(H,21,24). The summed E-state index contributed by atoms with van der Waals surface area (Å²) in [5, 5.41) is 3.88. The number of hydrogen-bond donors (Lipinski definition) is 2. The number of benzene rings is 1. The molecule has 0 aliphatic rings. The van der Waals surface area contributed by atoms with E-state index >= 15 is 0 Å². The predicted octanol–water partition coefficient (Wildman–Crippen LogP) is 3.28. The van der Waals surface area contributed by atoms with Crippen LogP contribution in [0.4, 0.5) is 5.69 Å². The second-order valence-electron chi connectivity index (χ2n) is 6.14. The summed E-state index contributed by atoms with van der Waals surface area (Å²) in [5.74, 6) is -0.0446. The van der Waals surface area contributed by atoms with E-state index in [-0.39, 0.29) is 11.5 Å². The SMILES string of the molecule is Cc1cc(=O)[nH]c2cc(NC(=O)CCn3c(C)ccc3C)ccc12. The third kappa shape index (κ3) is 3.25. The lowest BCUT2D eigenvalue weighted by Gasteiger charge is -2.10. The third-order valence-corrected chi connectivity index (χ3v) is 4.31. The molecule has 0 atom stereocenters. The number of fused-ring (bicyclic) bond motifs is 1. The van der Waals surface area contributed by atoms with E-state index in [1.54, 1.807) is 12.1 Å². The van der Waals surface area contributed by atoms with Crippen molar-refractivity contribution >= 4 is 22.5 Å². The van der Waals surface area contributed by atoms with Crippen LogP contribution in [-0.4, -0.2) is 15.5 Å². The van der Waals surface area contributed by atoms with Gasteiger partial charge < -0.3 is 14.9 Å². The van der Waals surface area contributed by atoms with Crippen LogP contribution in [0.5, 0.6) is 0 Å². The molecule has 124 valence electrons. The highest BCUT2D eigenvalue weighted by Gasteiger charge is 2.07. The summed E-state index contributed by atoms with van der Waals surface area (Å²) in [7, 11) is 0. The number of nitrogens with one attached hydrogen (secondary N) is 2. The normalized spacial score (nSPS) is 11.0. The Morgan fingerprint density at radius 2 is 1.79 bits per heavy atom. The second kappa shape index (κ2) is 6.35. The van der Waals surface area contributed by atoms with Gasteiger partial charge in [-0.25, -0.2) is 0 Å². The number of hydrogen-bond acceptors (Lipinski definition) is 2. The molecular formula is C19H21N3O2. The highest BCUT2D eigenvalue weighted by molar-refractivity contribution is 5.94. The Balaban J connectivity index is 1.72. The first-order valence-corrected chi connectivity index (χ1v) is 8.00. The summed E-state index contributed by atoms with van der Waals surface area (Å²) in [4.78, 5) is 26.6. The molecular weight excluding hydrogens is 302 g/mol. The molecule has 0 spiro atoms. The van der Waals surface area contributed by atoms with Crippen molar-refractivity contribution in [3.63, 3.8) is 0 Å². The lowest BCUT2D eigenvalue weighted by molar-refractivity contribution is -0.116. The molecule has 0 radical (unpaired) electrons. The van der Waals surface area contributed by atoms with Gasteiger partial charge in [-0.05, 0) is 50.6 Å². The molecule has 1 amide bonds. The first-order valence-electron chi connectivity index (χ1n) is 8.00. The smallest absolute Gasteiger partial charge is 0.248 e. The first kappa shape index (κ1) is 16.1. The maximum atomic E-state index is 12.2. The minimum atomic E-state index is -0.137. The van der Waals surface area contributed by atoms with Crippen LogP contribution < -0.4 is 10.9 Å². The number of nitrogens with zero attached hydrogens (tertiary/aromatic N) is 1. The summed E-state index contributed by atoms with van der Waals surface area (Å²) in [5.41, 5.74) is 4.51. The summed E-state index contributed by atoms with van der Waals surface area (Å²) in [6, 6.07) is 11.2. The molecule has 0 saturated carbocycles. The van der Waals surface area contributed by atoms with Gasteiger partial charge in [0.15, 0.2) is 0 Å². The Bertz CT molecular complexity index is 947. The number of carbonyl (C=O) groups is 1. The number of H-pyrrole nitrogens is 1. The van der Waals surface area contributed by atoms with Gasteiger partial charge in [-0.3, -0.25) is 9.59 Å². The van der Waals surface area contributed by atoms with Gasteiger partial charge in [0.25, 0.3) is 0 Å². The minimum Gasteiger partial charge on any atom is -0.349 e. The van der Waals surface area contributed by atoms with Gasteiger partial charge in [0, 0.05) is 41.5 Å². The van der Waals surface area contributed by atoms with Crippen molar-refractivity contribution in [1.29, 1.82) is 0 Å². The molecule has 2 N–H and O–H groups in total. The zero-order valence-corrected chi connectivity index (χ0v) is 14.1. The molecule has 3 aromatic rings. The number of carbonyl (C=O) groups excluding carboxylic acids is 1. The molecule has 5 nitrogen and oxygen atoms in total. The Labute approximate surface area is 140 Å². The van der Waals surface area contributed by atoms with Gasteiger partial charge >= 0.3 is 0 Å². The molecule has 0 aliphatic heterocycles. The lowest BCUT2D eigenvalue weighted by atomic mass is 10.1. The van der Waals surface area contributed by atoms with Crippen molar-refractivity contribution in [2.24, 2.45) is 0 Å². The molecule has 0 aliphatic carbocycles. The van der Waals surface area contributed by atoms with Crippen molar-refractivity contribution in [1.82, 2.24) is 9.55 Å². The topological polar surface area (TPSA) is 66.9 Å². The molecule has 0 unspecified atom stereocenters. The van der Waals surface area contributed by atoms with Crippen molar-refractivity contribution < 1.29 is 4.79 Å². The Morgan fingerprint density at radius 3 is 2.50 bits per heavy atom. The van der Waals surface area contributed by atoms with Gasteiger partial charge in [0.1, 0.15) is 0 Å². The second-order valence-corrected chi connectivity index (χ2v) is 6.14. The molecule has 5 heteroatoms. The Hall–Kier alpha value is -2.82. The third-order valence-electron chi connectivity index (χ3n) is 4.31. The highest BCUT2D eigenvalue weighted by atomic mass is 16.1. The largest absolute Gasteiger partial charge is 0.349 e.